The number of aliphatic carboxylic acids is 1. The summed E-state index contributed by atoms with van der Waals surface area (Å²) in [4.78, 5) is 11.7. The largest absolute Gasteiger partial charge is 0.480 e. The van der Waals surface area contributed by atoms with Crippen molar-refractivity contribution < 1.29 is 15.0 Å². The van der Waals surface area contributed by atoms with Gasteiger partial charge in [-0.15, -0.1) is 0 Å². The Bertz CT molecular complexity index is 267. The summed E-state index contributed by atoms with van der Waals surface area (Å²) in [5, 5.41) is 21.6. The van der Waals surface area contributed by atoms with Crippen molar-refractivity contribution in [2.45, 2.75) is 45.6 Å². The molecule has 1 saturated carbocycles. The number of carboxylic acid groups (broad SMARTS) is 1. The van der Waals surface area contributed by atoms with Crippen LogP contribution in [-0.2, 0) is 4.79 Å². The highest BCUT2D eigenvalue weighted by atomic mass is 16.4. The molecule has 0 amide bonds. The van der Waals surface area contributed by atoms with Gasteiger partial charge in [-0.2, -0.15) is 0 Å². The third-order valence-corrected chi connectivity index (χ3v) is 4.01. The van der Waals surface area contributed by atoms with E-state index in [1.54, 1.807) is 0 Å². The van der Waals surface area contributed by atoms with Gasteiger partial charge in [0.05, 0.1) is 6.61 Å². The molecule has 1 aliphatic carbocycles. The Kier molecular flexibility index (Phi) is 4.95. The lowest BCUT2D eigenvalue weighted by molar-refractivity contribution is -0.151. The van der Waals surface area contributed by atoms with Crippen LogP contribution in [0.4, 0.5) is 0 Å². The van der Waals surface area contributed by atoms with Gasteiger partial charge in [0.25, 0.3) is 0 Å². The molecule has 0 spiro atoms. The number of hydrogen-bond donors (Lipinski definition) is 3. The average Bonchev–Trinajstić information content (AvgIpc) is 2.25. The predicted molar refractivity (Wildman–Crippen MR) is 66.8 cm³/mol. The Balaban J connectivity index is 2.96. The van der Waals surface area contributed by atoms with Crippen LogP contribution in [0.1, 0.15) is 40.0 Å². The van der Waals surface area contributed by atoms with Crippen LogP contribution in [0.5, 0.6) is 0 Å². The van der Waals surface area contributed by atoms with Crippen LogP contribution in [-0.4, -0.2) is 34.9 Å². The molecule has 0 heterocycles. The maximum atomic E-state index is 11.7. The highest BCUT2D eigenvalue weighted by Crippen LogP contribution is 2.41. The lowest BCUT2D eigenvalue weighted by Gasteiger charge is -2.45. The van der Waals surface area contributed by atoms with Crippen molar-refractivity contribution in [3.05, 3.63) is 0 Å². The van der Waals surface area contributed by atoms with E-state index in [1.807, 2.05) is 0 Å². The number of carbonyl (C=O) groups is 1. The molecule has 0 aromatic rings. The zero-order valence-corrected chi connectivity index (χ0v) is 11.1. The highest BCUT2D eigenvalue weighted by Gasteiger charge is 2.49. The monoisotopic (exact) mass is 243 g/mol. The molecular formula is C13H25NO3. The van der Waals surface area contributed by atoms with Gasteiger partial charge < -0.3 is 10.2 Å². The first-order chi connectivity index (χ1) is 7.94. The maximum absolute atomic E-state index is 11.7. The number of nitrogens with one attached hydrogen (secondary N) is 1. The molecule has 1 rings (SSSR count). The van der Waals surface area contributed by atoms with Gasteiger partial charge in [-0.3, -0.25) is 10.1 Å². The molecule has 3 unspecified atom stereocenters. The van der Waals surface area contributed by atoms with Crippen LogP contribution in [0.3, 0.4) is 0 Å². The van der Waals surface area contributed by atoms with Crippen LogP contribution in [0.25, 0.3) is 0 Å². The fourth-order valence-corrected chi connectivity index (χ4v) is 3.22. The van der Waals surface area contributed by atoms with E-state index in [4.69, 9.17) is 5.11 Å². The number of aliphatic hydroxyl groups excluding tert-OH is 1. The molecule has 0 saturated heterocycles. The van der Waals surface area contributed by atoms with Gasteiger partial charge in [0, 0.05) is 6.54 Å². The Morgan fingerprint density at radius 1 is 1.47 bits per heavy atom. The van der Waals surface area contributed by atoms with Gasteiger partial charge in [-0.1, -0.05) is 27.2 Å². The van der Waals surface area contributed by atoms with Crippen molar-refractivity contribution in [2.24, 2.45) is 17.8 Å². The zero-order chi connectivity index (χ0) is 13.1. The van der Waals surface area contributed by atoms with Crippen molar-refractivity contribution in [3.8, 4) is 0 Å². The molecule has 17 heavy (non-hydrogen) atoms. The molecule has 1 aliphatic rings. The van der Waals surface area contributed by atoms with Crippen LogP contribution < -0.4 is 5.32 Å². The minimum atomic E-state index is -0.853. The van der Waals surface area contributed by atoms with Gasteiger partial charge in [0.1, 0.15) is 5.54 Å². The topological polar surface area (TPSA) is 69.6 Å². The summed E-state index contributed by atoms with van der Waals surface area (Å²) in [7, 11) is 0. The van der Waals surface area contributed by atoms with Crippen molar-refractivity contribution in [3.63, 3.8) is 0 Å². The minimum absolute atomic E-state index is 0.0196. The van der Waals surface area contributed by atoms with Crippen molar-refractivity contribution in [1.29, 1.82) is 0 Å². The Morgan fingerprint density at radius 2 is 2.12 bits per heavy atom. The van der Waals surface area contributed by atoms with Gasteiger partial charge in [0.15, 0.2) is 0 Å². The molecule has 4 heteroatoms. The van der Waals surface area contributed by atoms with Gasteiger partial charge >= 0.3 is 5.97 Å². The molecule has 0 radical (unpaired) electrons. The fourth-order valence-electron chi connectivity index (χ4n) is 3.22. The Hall–Kier alpha value is -0.610. The van der Waals surface area contributed by atoms with Gasteiger partial charge in [0.2, 0.25) is 0 Å². The van der Waals surface area contributed by atoms with E-state index in [9.17, 15) is 9.90 Å². The first-order valence-corrected chi connectivity index (χ1v) is 6.53. The molecule has 0 bridgehead atoms. The summed E-state index contributed by atoms with van der Waals surface area (Å²) in [5.74, 6) is 0.135. The summed E-state index contributed by atoms with van der Waals surface area (Å²) < 4.78 is 0. The predicted octanol–water partition coefficient (Wildman–Crippen LogP) is 1.48. The fraction of sp³-hybridized carbons (Fsp3) is 0.923. The minimum Gasteiger partial charge on any atom is -0.480 e. The average molecular weight is 243 g/mol. The van der Waals surface area contributed by atoms with E-state index in [1.165, 1.54) is 0 Å². The van der Waals surface area contributed by atoms with Crippen LogP contribution in [0.2, 0.25) is 0 Å². The molecule has 0 aromatic carbocycles. The first-order valence-electron chi connectivity index (χ1n) is 6.53. The molecule has 1 fully saturated rings. The number of rotatable bonds is 5. The quantitative estimate of drug-likeness (QED) is 0.684. The number of carboxylic acids is 1. The standard InChI is InChI=1S/C13H25NO3/c1-9(2)11-5-4-10(3)8-13(11,12(16)17)14-6-7-15/h9-11,14-15H,4-8H2,1-3H3,(H,16,17). The van der Waals surface area contributed by atoms with E-state index >= 15 is 0 Å². The maximum Gasteiger partial charge on any atom is 0.324 e. The lowest BCUT2D eigenvalue weighted by Crippen LogP contribution is -2.61. The number of β-amino-alcohol motifs (C(OH)–C–C–N with tert-alkyl or cyclic N) is 1. The van der Waals surface area contributed by atoms with Gasteiger partial charge in [-0.05, 0) is 30.6 Å². The van der Waals surface area contributed by atoms with E-state index in [-0.39, 0.29) is 12.5 Å². The molecule has 3 atom stereocenters. The SMILES string of the molecule is CC1CCC(C(C)C)C(NCCO)(C(=O)O)C1. The molecule has 3 N–H and O–H groups in total. The summed E-state index contributed by atoms with van der Waals surface area (Å²) in [5.41, 5.74) is -0.853. The van der Waals surface area contributed by atoms with E-state index < -0.39 is 11.5 Å². The molecule has 0 aromatic heterocycles. The lowest BCUT2D eigenvalue weighted by atomic mass is 9.65. The van der Waals surface area contributed by atoms with Gasteiger partial charge in [-0.25, -0.2) is 0 Å². The van der Waals surface area contributed by atoms with E-state index in [2.05, 4.69) is 26.1 Å². The summed E-state index contributed by atoms with van der Waals surface area (Å²) in [6.07, 6.45) is 2.70. The normalized spacial score (nSPS) is 33.9. The summed E-state index contributed by atoms with van der Waals surface area (Å²) in [6, 6.07) is 0. The smallest absolute Gasteiger partial charge is 0.324 e. The third kappa shape index (κ3) is 2.99. The first kappa shape index (κ1) is 14.5. The van der Waals surface area contributed by atoms with Crippen LogP contribution in [0.15, 0.2) is 0 Å². The molecule has 100 valence electrons. The number of aliphatic hydroxyl groups is 1. The van der Waals surface area contributed by atoms with Crippen molar-refractivity contribution in [1.82, 2.24) is 5.32 Å². The van der Waals surface area contributed by atoms with Crippen molar-refractivity contribution in [2.75, 3.05) is 13.2 Å². The zero-order valence-electron chi connectivity index (χ0n) is 11.1. The van der Waals surface area contributed by atoms with Crippen LogP contribution >= 0.6 is 0 Å². The third-order valence-electron chi connectivity index (χ3n) is 4.01. The second-order valence-corrected chi connectivity index (χ2v) is 5.66. The van der Waals surface area contributed by atoms with E-state index in [0.29, 0.717) is 24.8 Å². The molecule has 0 aliphatic heterocycles. The highest BCUT2D eigenvalue weighted by molar-refractivity contribution is 5.79. The molecule has 4 nitrogen and oxygen atoms in total. The Morgan fingerprint density at radius 3 is 2.59 bits per heavy atom. The Labute approximate surface area is 103 Å². The second kappa shape index (κ2) is 5.83. The number of hydrogen-bond acceptors (Lipinski definition) is 3. The summed E-state index contributed by atoms with van der Waals surface area (Å²) >= 11 is 0. The van der Waals surface area contributed by atoms with Crippen LogP contribution in [0, 0.1) is 17.8 Å². The van der Waals surface area contributed by atoms with Crippen molar-refractivity contribution >= 4 is 5.97 Å². The summed E-state index contributed by atoms with van der Waals surface area (Å²) in [6.45, 7) is 6.60. The molecular weight excluding hydrogens is 218 g/mol. The second-order valence-electron chi connectivity index (χ2n) is 5.66. The van der Waals surface area contributed by atoms with E-state index in [0.717, 1.165) is 12.8 Å².